The first kappa shape index (κ1) is 15.6. The number of carbonyl (C=O) groups excluding carboxylic acids is 1. The smallest absolute Gasteiger partial charge is 0.248 e. The fraction of sp³-hybridized carbons (Fsp3) is 0.562. The second-order valence-electron chi connectivity index (χ2n) is 5.49. The van der Waals surface area contributed by atoms with Crippen LogP contribution in [0.1, 0.15) is 36.5 Å². The molecule has 2 rings (SSSR count). The zero-order valence-corrected chi connectivity index (χ0v) is 12.9. The van der Waals surface area contributed by atoms with Crippen LogP contribution < -0.4 is 15.8 Å². The Labute approximate surface area is 126 Å². The summed E-state index contributed by atoms with van der Waals surface area (Å²) in [5.41, 5.74) is 6.71. The van der Waals surface area contributed by atoms with Crippen LogP contribution in [-0.2, 0) is 0 Å². The van der Waals surface area contributed by atoms with Crippen molar-refractivity contribution in [1.82, 2.24) is 4.90 Å². The van der Waals surface area contributed by atoms with Crippen molar-refractivity contribution in [3.63, 3.8) is 0 Å². The van der Waals surface area contributed by atoms with Crippen molar-refractivity contribution in [3.8, 4) is 5.75 Å². The van der Waals surface area contributed by atoms with Gasteiger partial charge >= 0.3 is 0 Å². The molecule has 1 fully saturated rings. The molecule has 1 amide bonds. The zero-order chi connectivity index (χ0) is 15.2. The zero-order valence-electron chi connectivity index (χ0n) is 12.9. The molecule has 1 aromatic carbocycles. The molecule has 1 aromatic rings. The van der Waals surface area contributed by atoms with Gasteiger partial charge in [0, 0.05) is 18.2 Å². The quantitative estimate of drug-likeness (QED) is 0.871. The maximum absolute atomic E-state index is 11.3. The van der Waals surface area contributed by atoms with Gasteiger partial charge in [0.05, 0.1) is 12.8 Å². The van der Waals surface area contributed by atoms with Crippen LogP contribution in [0.5, 0.6) is 5.75 Å². The first-order chi connectivity index (χ1) is 10.1. The Kier molecular flexibility index (Phi) is 5.44. The van der Waals surface area contributed by atoms with Crippen molar-refractivity contribution in [1.29, 1.82) is 0 Å². The normalized spacial score (nSPS) is 19.8. The molecule has 0 saturated carbocycles. The lowest BCUT2D eigenvalue weighted by molar-refractivity contribution is 0.100. The van der Waals surface area contributed by atoms with Crippen molar-refractivity contribution < 1.29 is 9.53 Å². The molecule has 1 atom stereocenters. The molecule has 1 unspecified atom stereocenters. The number of methoxy groups -OCH3 is 1. The number of carbonyl (C=O) groups is 1. The van der Waals surface area contributed by atoms with Crippen molar-refractivity contribution in [3.05, 3.63) is 23.8 Å². The summed E-state index contributed by atoms with van der Waals surface area (Å²) in [4.78, 5) is 13.8. The lowest BCUT2D eigenvalue weighted by Gasteiger charge is -2.21. The van der Waals surface area contributed by atoms with E-state index < -0.39 is 5.91 Å². The minimum atomic E-state index is -0.418. The lowest BCUT2D eigenvalue weighted by atomic mass is 10.1. The number of amides is 1. The Bertz CT molecular complexity index is 490. The third kappa shape index (κ3) is 4.11. The third-order valence-corrected chi connectivity index (χ3v) is 4.11. The van der Waals surface area contributed by atoms with Gasteiger partial charge in [-0.25, -0.2) is 0 Å². The van der Waals surface area contributed by atoms with Crippen LogP contribution in [0.15, 0.2) is 18.2 Å². The second-order valence-corrected chi connectivity index (χ2v) is 5.49. The Balaban J connectivity index is 2.10. The number of hydrogen-bond acceptors (Lipinski definition) is 4. The van der Waals surface area contributed by atoms with E-state index in [0.717, 1.165) is 43.9 Å². The summed E-state index contributed by atoms with van der Waals surface area (Å²) in [7, 11) is 1.64. The molecule has 1 saturated heterocycles. The van der Waals surface area contributed by atoms with E-state index in [0.29, 0.717) is 11.6 Å². The number of primary amides is 1. The van der Waals surface area contributed by atoms with Gasteiger partial charge in [0.25, 0.3) is 0 Å². The summed E-state index contributed by atoms with van der Waals surface area (Å²) in [6.45, 7) is 5.57. The molecule has 0 bridgehead atoms. The molecule has 0 radical (unpaired) electrons. The molecule has 1 aliphatic rings. The van der Waals surface area contributed by atoms with Gasteiger partial charge in [0.1, 0.15) is 5.75 Å². The Morgan fingerprint density at radius 2 is 2.24 bits per heavy atom. The summed E-state index contributed by atoms with van der Waals surface area (Å²) in [5, 5.41) is 3.52. The van der Waals surface area contributed by atoms with Crippen molar-refractivity contribution in [2.75, 3.05) is 32.1 Å². The van der Waals surface area contributed by atoms with E-state index in [4.69, 9.17) is 10.5 Å². The van der Waals surface area contributed by atoms with Gasteiger partial charge < -0.3 is 20.7 Å². The van der Waals surface area contributed by atoms with Crippen LogP contribution in [0.25, 0.3) is 0 Å². The Hall–Kier alpha value is -1.75. The van der Waals surface area contributed by atoms with Crippen molar-refractivity contribution in [2.24, 2.45) is 5.73 Å². The third-order valence-electron chi connectivity index (χ3n) is 4.11. The highest BCUT2D eigenvalue weighted by Crippen LogP contribution is 2.28. The Morgan fingerprint density at radius 1 is 1.43 bits per heavy atom. The highest BCUT2D eigenvalue weighted by Gasteiger charge is 2.17. The van der Waals surface area contributed by atoms with Gasteiger partial charge in [-0.3, -0.25) is 4.79 Å². The molecule has 5 nitrogen and oxygen atoms in total. The van der Waals surface area contributed by atoms with E-state index >= 15 is 0 Å². The van der Waals surface area contributed by atoms with Crippen molar-refractivity contribution >= 4 is 11.6 Å². The molecule has 3 N–H and O–H groups in total. The van der Waals surface area contributed by atoms with E-state index in [1.807, 2.05) is 0 Å². The molecule has 0 spiro atoms. The van der Waals surface area contributed by atoms with Crippen LogP contribution >= 0.6 is 0 Å². The van der Waals surface area contributed by atoms with Gasteiger partial charge in [0.15, 0.2) is 0 Å². The number of likely N-dealkylation sites (tertiary alicyclic amines) is 1. The summed E-state index contributed by atoms with van der Waals surface area (Å²) in [6.07, 6.45) is 3.40. The van der Waals surface area contributed by atoms with Crippen LogP contribution in [0.3, 0.4) is 0 Å². The SMILES string of the molecule is CCN1CCCC(Nc2cc(C(N)=O)ccc2OC)CC1. The lowest BCUT2D eigenvalue weighted by Crippen LogP contribution is -2.26. The number of nitrogens with two attached hydrogens (primary N) is 1. The van der Waals surface area contributed by atoms with Crippen LogP contribution in [0, 0.1) is 0 Å². The van der Waals surface area contributed by atoms with Crippen LogP contribution in [0.4, 0.5) is 5.69 Å². The van der Waals surface area contributed by atoms with Gasteiger partial charge in [-0.15, -0.1) is 0 Å². The topological polar surface area (TPSA) is 67.6 Å². The summed E-state index contributed by atoms with van der Waals surface area (Å²) in [6, 6.07) is 5.66. The number of benzene rings is 1. The first-order valence-electron chi connectivity index (χ1n) is 7.60. The summed E-state index contributed by atoms with van der Waals surface area (Å²) in [5.74, 6) is 0.329. The molecule has 1 aliphatic heterocycles. The van der Waals surface area contributed by atoms with Crippen LogP contribution in [0.2, 0.25) is 0 Å². The number of rotatable bonds is 5. The standard InChI is InChI=1S/C16H25N3O2/c1-3-19-9-4-5-13(8-10-19)18-14-11-12(16(17)20)6-7-15(14)21-2/h6-7,11,13,18H,3-5,8-10H2,1-2H3,(H2,17,20). The fourth-order valence-electron chi connectivity index (χ4n) is 2.81. The van der Waals surface area contributed by atoms with Gasteiger partial charge in [-0.2, -0.15) is 0 Å². The van der Waals surface area contributed by atoms with E-state index in [2.05, 4.69) is 17.1 Å². The molecule has 116 valence electrons. The minimum absolute atomic E-state index is 0.401. The van der Waals surface area contributed by atoms with E-state index in [1.54, 1.807) is 25.3 Å². The highest BCUT2D eigenvalue weighted by molar-refractivity contribution is 5.94. The first-order valence-corrected chi connectivity index (χ1v) is 7.60. The summed E-state index contributed by atoms with van der Waals surface area (Å²) >= 11 is 0. The number of ether oxygens (including phenoxy) is 1. The largest absolute Gasteiger partial charge is 0.495 e. The van der Waals surface area contributed by atoms with Crippen LogP contribution in [-0.4, -0.2) is 43.6 Å². The number of nitrogens with one attached hydrogen (secondary N) is 1. The second kappa shape index (κ2) is 7.31. The summed E-state index contributed by atoms with van der Waals surface area (Å²) < 4.78 is 5.37. The average molecular weight is 291 g/mol. The van der Waals surface area contributed by atoms with Gasteiger partial charge in [0.2, 0.25) is 5.91 Å². The molecule has 1 heterocycles. The molecular formula is C16H25N3O2. The van der Waals surface area contributed by atoms with Gasteiger partial charge in [-0.1, -0.05) is 6.92 Å². The molecule has 21 heavy (non-hydrogen) atoms. The number of anilines is 1. The highest BCUT2D eigenvalue weighted by atomic mass is 16.5. The van der Waals surface area contributed by atoms with Gasteiger partial charge in [-0.05, 0) is 50.6 Å². The number of hydrogen-bond donors (Lipinski definition) is 2. The maximum Gasteiger partial charge on any atom is 0.248 e. The van der Waals surface area contributed by atoms with Crippen molar-refractivity contribution in [2.45, 2.75) is 32.2 Å². The Morgan fingerprint density at radius 3 is 2.90 bits per heavy atom. The van der Waals surface area contributed by atoms with E-state index in [1.165, 1.54) is 6.42 Å². The average Bonchev–Trinajstić information content (AvgIpc) is 2.72. The fourth-order valence-corrected chi connectivity index (χ4v) is 2.81. The number of nitrogens with zero attached hydrogens (tertiary/aromatic N) is 1. The predicted octanol–water partition coefficient (Wildman–Crippen LogP) is 2.08. The maximum atomic E-state index is 11.3. The molecule has 5 heteroatoms. The minimum Gasteiger partial charge on any atom is -0.495 e. The predicted molar refractivity (Wildman–Crippen MR) is 84.9 cm³/mol. The van der Waals surface area contributed by atoms with E-state index in [9.17, 15) is 4.79 Å². The van der Waals surface area contributed by atoms with E-state index in [-0.39, 0.29) is 0 Å². The molecular weight excluding hydrogens is 266 g/mol. The molecule has 0 aromatic heterocycles. The monoisotopic (exact) mass is 291 g/mol. The molecule has 0 aliphatic carbocycles.